The van der Waals surface area contributed by atoms with Gasteiger partial charge >= 0.3 is 5.97 Å². The predicted octanol–water partition coefficient (Wildman–Crippen LogP) is 5.97. The van der Waals surface area contributed by atoms with Gasteiger partial charge in [-0.05, 0) is 47.2 Å². The third kappa shape index (κ3) is 7.27. The molecule has 0 bridgehead atoms. The Bertz CT molecular complexity index is 1010. The van der Waals surface area contributed by atoms with Gasteiger partial charge in [-0.3, -0.25) is 4.79 Å². The number of nitrogens with zero attached hydrogens (tertiary/aromatic N) is 1. The van der Waals surface area contributed by atoms with Crippen LogP contribution in [0.15, 0.2) is 84.0 Å². The lowest BCUT2D eigenvalue weighted by Crippen LogP contribution is -2.08. The van der Waals surface area contributed by atoms with E-state index in [2.05, 4.69) is 48.5 Å². The number of carboxylic acid groups (broad SMARTS) is 1. The minimum absolute atomic E-state index is 0.0259. The Morgan fingerprint density at radius 1 is 0.906 bits per heavy atom. The zero-order valence-electron chi connectivity index (χ0n) is 18.4. The molecule has 5 nitrogen and oxygen atoms in total. The van der Waals surface area contributed by atoms with E-state index in [0.29, 0.717) is 24.5 Å². The largest absolute Gasteiger partial charge is 0.490 e. The summed E-state index contributed by atoms with van der Waals surface area (Å²) < 4.78 is 5.67. The van der Waals surface area contributed by atoms with Crippen LogP contribution in [-0.2, 0) is 16.1 Å². The smallest absolute Gasteiger partial charge is 0.307 e. The Morgan fingerprint density at radius 2 is 1.66 bits per heavy atom. The van der Waals surface area contributed by atoms with Crippen LogP contribution in [0.25, 0.3) is 11.1 Å². The highest BCUT2D eigenvalue weighted by molar-refractivity contribution is 6.00. The van der Waals surface area contributed by atoms with Gasteiger partial charge < -0.3 is 14.7 Å². The minimum Gasteiger partial charge on any atom is -0.490 e. The van der Waals surface area contributed by atoms with Crippen LogP contribution in [0.2, 0.25) is 0 Å². The van der Waals surface area contributed by atoms with E-state index in [-0.39, 0.29) is 6.42 Å². The monoisotopic (exact) mass is 431 g/mol. The predicted molar refractivity (Wildman–Crippen MR) is 127 cm³/mol. The van der Waals surface area contributed by atoms with Crippen molar-refractivity contribution in [1.82, 2.24) is 0 Å². The third-order valence-electron chi connectivity index (χ3n) is 4.96. The molecule has 1 N–H and O–H groups in total. The summed E-state index contributed by atoms with van der Waals surface area (Å²) in [5.41, 5.74) is 5.04. The highest BCUT2D eigenvalue weighted by Crippen LogP contribution is 2.20. The molecule has 0 atom stereocenters. The first-order chi connectivity index (χ1) is 15.7. The quantitative estimate of drug-likeness (QED) is 0.218. The van der Waals surface area contributed by atoms with Crippen molar-refractivity contribution in [3.63, 3.8) is 0 Å². The molecule has 0 radical (unpaired) electrons. The number of carbonyl (C=O) groups is 1. The number of unbranched alkanes of at least 4 members (excludes halogenated alkanes) is 1. The van der Waals surface area contributed by atoms with Gasteiger partial charge in [0.2, 0.25) is 0 Å². The number of benzene rings is 3. The molecule has 0 saturated heterocycles. The van der Waals surface area contributed by atoms with Crippen LogP contribution in [0.1, 0.15) is 37.3 Å². The first-order valence-electron chi connectivity index (χ1n) is 10.9. The summed E-state index contributed by atoms with van der Waals surface area (Å²) in [6.07, 6.45) is 2.94. The van der Waals surface area contributed by atoms with E-state index in [1.165, 1.54) is 11.1 Å². The van der Waals surface area contributed by atoms with Crippen molar-refractivity contribution in [2.75, 3.05) is 13.2 Å². The Morgan fingerprint density at radius 3 is 2.38 bits per heavy atom. The molecule has 0 unspecified atom stereocenters. The average Bonchev–Trinajstić information content (AvgIpc) is 2.81. The summed E-state index contributed by atoms with van der Waals surface area (Å²) >= 11 is 0. The van der Waals surface area contributed by atoms with Crippen molar-refractivity contribution in [2.45, 2.75) is 32.6 Å². The summed E-state index contributed by atoms with van der Waals surface area (Å²) in [6, 6.07) is 25.8. The van der Waals surface area contributed by atoms with Gasteiger partial charge in [0.25, 0.3) is 0 Å². The lowest BCUT2D eigenvalue weighted by molar-refractivity contribution is -0.136. The molecule has 166 valence electrons. The number of aliphatic carboxylic acids is 1. The Kier molecular flexibility index (Phi) is 8.87. The number of ether oxygens (including phenoxy) is 1. The SMILES string of the molecule is CCCC/C(=N\OCCOc1cccc(CC(=O)O)c1)c1ccc(-c2ccccc2)cc1. The number of hydrogen-bond donors (Lipinski definition) is 1. The Balaban J connectivity index is 1.56. The zero-order valence-corrected chi connectivity index (χ0v) is 18.4. The fourth-order valence-corrected chi connectivity index (χ4v) is 3.31. The molecule has 0 heterocycles. The summed E-state index contributed by atoms with van der Waals surface area (Å²) in [6.45, 7) is 2.79. The maximum atomic E-state index is 10.9. The molecule has 0 amide bonds. The molecule has 32 heavy (non-hydrogen) atoms. The van der Waals surface area contributed by atoms with Crippen LogP contribution >= 0.6 is 0 Å². The molecule has 3 rings (SSSR count). The van der Waals surface area contributed by atoms with Gasteiger partial charge in [-0.1, -0.05) is 85.2 Å². The van der Waals surface area contributed by atoms with Gasteiger partial charge in [0.15, 0.2) is 6.61 Å². The maximum absolute atomic E-state index is 10.9. The Labute approximate surface area is 189 Å². The first-order valence-corrected chi connectivity index (χ1v) is 10.9. The van der Waals surface area contributed by atoms with E-state index in [4.69, 9.17) is 14.7 Å². The van der Waals surface area contributed by atoms with E-state index in [9.17, 15) is 4.79 Å². The van der Waals surface area contributed by atoms with Crippen molar-refractivity contribution in [1.29, 1.82) is 0 Å². The van der Waals surface area contributed by atoms with Crippen LogP contribution in [-0.4, -0.2) is 30.0 Å². The van der Waals surface area contributed by atoms with Crippen LogP contribution in [0.5, 0.6) is 5.75 Å². The van der Waals surface area contributed by atoms with Crippen LogP contribution in [0.4, 0.5) is 0 Å². The van der Waals surface area contributed by atoms with Gasteiger partial charge in [0, 0.05) is 0 Å². The van der Waals surface area contributed by atoms with Gasteiger partial charge in [-0.2, -0.15) is 0 Å². The van der Waals surface area contributed by atoms with Gasteiger partial charge in [0.1, 0.15) is 12.4 Å². The molecular formula is C27H29NO4. The fourth-order valence-electron chi connectivity index (χ4n) is 3.31. The number of oxime groups is 1. The lowest BCUT2D eigenvalue weighted by atomic mass is 10.00. The van der Waals surface area contributed by atoms with E-state index in [1.807, 2.05) is 18.2 Å². The molecule has 0 spiro atoms. The number of rotatable bonds is 12. The third-order valence-corrected chi connectivity index (χ3v) is 4.96. The fraction of sp³-hybridized carbons (Fsp3) is 0.259. The molecule has 0 aliphatic heterocycles. The summed E-state index contributed by atoms with van der Waals surface area (Å²) in [7, 11) is 0. The Hall–Kier alpha value is -3.60. The second-order valence-electron chi connectivity index (χ2n) is 7.48. The standard InChI is InChI=1S/C27H29NO4/c1-2-3-12-26(24-15-13-23(14-16-24)22-9-5-4-6-10-22)28-32-18-17-31-25-11-7-8-21(19-25)20-27(29)30/h4-11,13-16,19H,2-3,12,17-18,20H2,1H3,(H,29,30)/b28-26+. The van der Waals surface area contributed by atoms with Crippen molar-refractivity contribution in [3.05, 3.63) is 90.0 Å². The minimum atomic E-state index is -0.865. The van der Waals surface area contributed by atoms with Crippen molar-refractivity contribution in [3.8, 4) is 16.9 Å². The average molecular weight is 432 g/mol. The summed E-state index contributed by atoms with van der Waals surface area (Å²) in [4.78, 5) is 16.4. The number of hydrogen-bond acceptors (Lipinski definition) is 4. The molecule has 0 aliphatic rings. The molecule has 3 aromatic carbocycles. The van der Waals surface area contributed by atoms with Crippen molar-refractivity contribution in [2.24, 2.45) is 5.16 Å². The lowest BCUT2D eigenvalue weighted by Gasteiger charge is -2.09. The highest BCUT2D eigenvalue weighted by atomic mass is 16.6. The molecule has 0 aliphatic carbocycles. The molecule has 0 fully saturated rings. The van der Waals surface area contributed by atoms with E-state index >= 15 is 0 Å². The van der Waals surface area contributed by atoms with Gasteiger partial charge in [-0.25, -0.2) is 0 Å². The molecule has 0 saturated carbocycles. The molecule has 0 aromatic heterocycles. The summed E-state index contributed by atoms with van der Waals surface area (Å²) in [5, 5.41) is 13.3. The normalized spacial score (nSPS) is 11.2. The van der Waals surface area contributed by atoms with Crippen LogP contribution < -0.4 is 4.74 Å². The first kappa shape index (κ1) is 23.1. The number of carboxylic acids is 1. The topological polar surface area (TPSA) is 68.1 Å². The summed E-state index contributed by atoms with van der Waals surface area (Å²) in [5.74, 6) is -0.240. The molecule has 5 heteroatoms. The van der Waals surface area contributed by atoms with Gasteiger partial charge in [0.05, 0.1) is 12.1 Å². The van der Waals surface area contributed by atoms with Crippen molar-refractivity contribution >= 4 is 11.7 Å². The molecule has 3 aromatic rings. The highest BCUT2D eigenvalue weighted by Gasteiger charge is 2.06. The second-order valence-corrected chi connectivity index (χ2v) is 7.48. The van der Waals surface area contributed by atoms with E-state index < -0.39 is 5.97 Å². The zero-order chi connectivity index (χ0) is 22.6. The van der Waals surface area contributed by atoms with Crippen LogP contribution in [0, 0.1) is 0 Å². The van der Waals surface area contributed by atoms with E-state index in [1.54, 1.807) is 24.3 Å². The van der Waals surface area contributed by atoms with Gasteiger partial charge in [-0.15, -0.1) is 0 Å². The second kappa shape index (κ2) is 12.3. The molecular weight excluding hydrogens is 402 g/mol. The maximum Gasteiger partial charge on any atom is 0.307 e. The van der Waals surface area contributed by atoms with Crippen LogP contribution in [0.3, 0.4) is 0 Å². The van der Waals surface area contributed by atoms with Crippen molar-refractivity contribution < 1.29 is 19.5 Å². The van der Waals surface area contributed by atoms with E-state index in [0.717, 1.165) is 30.5 Å².